The maximum Gasteiger partial charge on any atom is 0.189 e. The van der Waals surface area contributed by atoms with Gasteiger partial charge in [-0.2, -0.15) is 0 Å². The van der Waals surface area contributed by atoms with E-state index in [-0.39, 0.29) is 6.04 Å². The fourth-order valence-corrected chi connectivity index (χ4v) is 1.73. The van der Waals surface area contributed by atoms with Crippen molar-refractivity contribution in [3.05, 3.63) is 29.8 Å². The minimum atomic E-state index is 0.282. The van der Waals surface area contributed by atoms with E-state index in [0.29, 0.717) is 10.2 Å². The van der Waals surface area contributed by atoms with Crippen molar-refractivity contribution in [2.45, 2.75) is 26.8 Å². The van der Waals surface area contributed by atoms with Crippen molar-refractivity contribution in [1.29, 1.82) is 0 Å². The van der Waals surface area contributed by atoms with Crippen LogP contribution in [0.15, 0.2) is 24.3 Å². The first-order valence-corrected chi connectivity index (χ1v) is 6.50. The molecule has 0 bridgehead atoms. The van der Waals surface area contributed by atoms with Gasteiger partial charge in [-0.25, -0.2) is 0 Å². The lowest BCUT2D eigenvalue weighted by atomic mass is 10.2. The molecule has 1 rings (SSSR count). The minimum absolute atomic E-state index is 0.282. The van der Waals surface area contributed by atoms with Crippen LogP contribution in [0.3, 0.4) is 0 Å². The summed E-state index contributed by atoms with van der Waals surface area (Å²) < 4.78 is 0. The van der Waals surface area contributed by atoms with Crippen LogP contribution in [0.2, 0.25) is 0 Å². The van der Waals surface area contributed by atoms with Crippen LogP contribution in [0, 0.1) is 6.92 Å². The summed E-state index contributed by atoms with van der Waals surface area (Å²) in [4.78, 5) is 0. The second-order valence-electron chi connectivity index (χ2n) is 4.15. The Hall–Kier alpha value is -1.40. The SMILES string of the molecule is Cc1ccccc1NC(=S)NNC(=S)NC(C)C. The summed E-state index contributed by atoms with van der Waals surface area (Å²) in [6.45, 7) is 6.04. The van der Waals surface area contributed by atoms with Crippen molar-refractivity contribution in [1.82, 2.24) is 16.2 Å². The van der Waals surface area contributed by atoms with E-state index < -0.39 is 0 Å². The van der Waals surface area contributed by atoms with E-state index in [4.69, 9.17) is 24.4 Å². The molecule has 4 N–H and O–H groups in total. The van der Waals surface area contributed by atoms with Crippen molar-refractivity contribution >= 4 is 40.3 Å². The van der Waals surface area contributed by atoms with Gasteiger partial charge in [0.15, 0.2) is 10.2 Å². The molecule has 0 spiro atoms. The van der Waals surface area contributed by atoms with Gasteiger partial charge in [0.1, 0.15) is 0 Å². The predicted octanol–water partition coefficient (Wildman–Crippen LogP) is 2.07. The maximum atomic E-state index is 5.16. The summed E-state index contributed by atoms with van der Waals surface area (Å²) in [5.74, 6) is 0. The fourth-order valence-electron chi connectivity index (χ4n) is 1.28. The molecule has 0 saturated heterocycles. The molecule has 0 aliphatic heterocycles. The summed E-state index contributed by atoms with van der Waals surface area (Å²) in [7, 11) is 0. The number of hydrogen-bond donors (Lipinski definition) is 4. The highest BCUT2D eigenvalue weighted by atomic mass is 32.1. The van der Waals surface area contributed by atoms with E-state index in [1.165, 1.54) is 0 Å². The van der Waals surface area contributed by atoms with Gasteiger partial charge in [0.05, 0.1) is 0 Å². The Bertz CT molecular complexity index is 432. The summed E-state index contributed by atoms with van der Waals surface area (Å²) in [6, 6.07) is 8.20. The lowest BCUT2D eigenvalue weighted by molar-refractivity contribution is 0.705. The van der Waals surface area contributed by atoms with Crippen molar-refractivity contribution in [3.63, 3.8) is 0 Å². The van der Waals surface area contributed by atoms with Crippen molar-refractivity contribution in [2.75, 3.05) is 5.32 Å². The lowest BCUT2D eigenvalue weighted by Crippen LogP contribution is -2.49. The first kappa shape index (κ1) is 14.7. The highest BCUT2D eigenvalue weighted by Gasteiger charge is 2.01. The zero-order chi connectivity index (χ0) is 13.5. The molecule has 98 valence electrons. The molecule has 0 fully saturated rings. The standard InChI is InChI=1S/C12H18N4S2/c1-8(2)13-11(17)15-16-12(18)14-10-7-5-4-6-9(10)3/h4-8H,1-3H3,(H2,13,15,17)(H2,14,16,18). The molecule has 1 aromatic carbocycles. The number of thiocarbonyl (C=S) groups is 2. The van der Waals surface area contributed by atoms with Gasteiger partial charge in [-0.3, -0.25) is 10.9 Å². The Morgan fingerprint density at radius 2 is 1.67 bits per heavy atom. The monoisotopic (exact) mass is 282 g/mol. The molecule has 6 heteroatoms. The zero-order valence-electron chi connectivity index (χ0n) is 10.7. The number of benzene rings is 1. The minimum Gasteiger partial charge on any atom is -0.359 e. The molecule has 0 radical (unpaired) electrons. The number of hydrazine groups is 1. The third kappa shape index (κ3) is 5.29. The molecule has 0 saturated carbocycles. The summed E-state index contributed by atoms with van der Waals surface area (Å²) in [6.07, 6.45) is 0. The number of rotatable bonds is 2. The molecule has 1 aromatic rings. The van der Waals surface area contributed by atoms with Crippen LogP contribution in [0.25, 0.3) is 0 Å². The summed E-state index contributed by atoms with van der Waals surface area (Å²) in [5, 5.41) is 7.12. The molecule has 0 aromatic heterocycles. The van der Waals surface area contributed by atoms with Crippen molar-refractivity contribution in [2.24, 2.45) is 0 Å². The predicted molar refractivity (Wildman–Crippen MR) is 84.5 cm³/mol. The van der Waals surface area contributed by atoms with E-state index in [1.807, 2.05) is 45.0 Å². The van der Waals surface area contributed by atoms with Gasteiger partial charge in [0.2, 0.25) is 0 Å². The number of hydrogen-bond acceptors (Lipinski definition) is 2. The summed E-state index contributed by atoms with van der Waals surface area (Å²) >= 11 is 10.2. The second-order valence-corrected chi connectivity index (χ2v) is 4.96. The number of para-hydroxylation sites is 1. The van der Waals surface area contributed by atoms with Crippen LogP contribution in [0.5, 0.6) is 0 Å². The molecule has 0 atom stereocenters. The normalized spacial score (nSPS) is 9.78. The summed E-state index contributed by atoms with van der Waals surface area (Å²) in [5.41, 5.74) is 7.75. The van der Waals surface area contributed by atoms with Crippen LogP contribution in [-0.4, -0.2) is 16.3 Å². The third-order valence-corrected chi connectivity index (χ3v) is 2.53. The van der Waals surface area contributed by atoms with Crippen LogP contribution in [0.1, 0.15) is 19.4 Å². The first-order chi connectivity index (χ1) is 8.49. The van der Waals surface area contributed by atoms with Gasteiger partial charge >= 0.3 is 0 Å². The molecule has 0 heterocycles. The van der Waals surface area contributed by atoms with Gasteiger partial charge < -0.3 is 10.6 Å². The Morgan fingerprint density at radius 1 is 1.06 bits per heavy atom. The number of nitrogens with one attached hydrogen (secondary N) is 4. The molecular formula is C12H18N4S2. The van der Waals surface area contributed by atoms with E-state index in [9.17, 15) is 0 Å². The maximum absolute atomic E-state index is 5.16. The van der Waals surface area contributed by atoms with Crippen LogP contribution >= 0.6 is 24.4 Å². The largest absolute Gasteiger partial charge is 0.359 e. The smallest absolute Gasteiger partial charge is 0.189 e. The lowest BCUT2D eigenvalue weighted by Gasteiger charge is -2.16. The second kappa shape index (κ2) is 7.13. The fraction of sp³-hybridized carbons (Fsp3) is 0.333. The average Bonchev–Trinajstić information content (AvgIpc) is 2.29. The van der Waals surface area contributed by atoms with Gasteiger partial charge in [0, 0.05) is 11.7 Å². The highest BCUT2D eigenvalue weighted by Crippen LogP contribution is 2.12. The van der Waals surface area contributed by atoms with E-state index in [0.717, 1.165) is 11.3 Å². The molecule has 0 amide bonds. The van der Waals surface area contributed by atoms with E-state index in [1.54, 1.807) is 0 Å². The molecule has 0 aliphatic rings. The molecule has 18 heavy (non-hydrogen) atoms. The molecular weight excluding hydrogens is 264 g/mol. The molecule has 4 nitrogen and oxygen atoms in total. The number of anilines is 1. The topological polar surface area (TPSA) is 48.1 Å². The van der Waals surface area contributed by atoms with Crippen molar-refractivity contribution < 1.29 is 0 Å². The van der Waals surface area contributed by atoms with Gasteiger partial charge in [-0.1, -0.05) is 18.2 Å². The quantitative estimate of drug-likeness (QED) is 0.492. The average molecular weight is 282 g/mol. The Morgan fingerprint density at radius 3 is 2.28 bits per heavy atom. The highest BCUT2D eigenvalue weighted by molar-refractivity contribution is 7.80. The van der Waals surface area contributed by atoms with Gasteiger partial charge in [-0.15, -0.1) is 0 Å². The van der Waals surface area contributed by atoms with Crippen LogP contribution in [-0.2, 0) is 0 Å². The number of aryl methyl sites for hydroxylation is 1. The third-order valence-electron chi connectivity index (χ3n) is 2.10. The van der Waals surface area contributed by atoms with Crippen LogP contribution < -0.4 is 21.5 Å². The van der Waals surface area contributed by atoms with Gasteiger partial charge in [-0.05, 0) is 56.8 Å². The van der Waals surface area contributed by atoms with E-state index in [2.05, 4.69) is 21.5 Å². The Labute approximate surface area is 119 Å². The Balaban J connectivity index is 2.39. The van der Waals surface area contributed by atoms with E-state index >= 15 is 0 Å². The first-order valence-electron chi connectivity index (χ1n) is 5.68. The zero-order valence-corrected chi connectivity index (χ0v) is 12.3. The van der Waals surface area contributed by atoms with Crippen LogP contribution in [0.4, 0.5) is 5.69 Å². The van der Waals surface area contributed by atoms with Crippen molar-refractivity contribution in [3.8, 4) is 0 Å². The molecule has 0 unspecified atom stereocenters. The Kier molecular flexibility index (Phi) is 5.80. The molecule has 0 aliphatic carbocycles. The van der Waals surface area contributed by atoms with Gasteiger partial charge in [0.25, 0.3) is 0 Å².